The second-order valence-corrected chi connectivity index (χ2v) is 10.3. The first-order valence-corrected chi connectivity index (χ1v) is 11.7. The van der Waals surface area contributed by atoms with Crippen molar-refractivity contribution in [3.63, 3.8) is 0 Å². The summed E-state index contributed by atoms with van der Waals surface area (Å²) < 4.78 is 42.8. The third-order valence-corrected chi connectivity index (χ3v) is 7.61. The van der Waals surface area contributed by atoms with Gasteiger partial charge in [0.15, 0.2) is 0 Å². The zero-order valence-corrected chi connectivity index (χ0v) is 18.8. The molecule has 3 aromatic rings. The molecule has 1 saturated carbocycles. The molecule has 2 aromatic heterocycles. The minimum Gasteiger partial charge on any atom is -0.337 e. The molecule has 2 heterocycles. The molecule has 164 valence electrons. The van der Waals surface area contributed by atoms with E-state index < -0.39 is 10.0 Å². The van der Waals surface area contributed by atoms with Crippen molar-refractivity contribution in [1.82, 2.24) is 13.9 Å². The summed E-state index contributed by atoms with van der Waals surface area (Å²) in [6.45, 7) is 2.14. The molecule has 0 atom stereocenters. The highest BCUT2D eigenvalue weighted by Gasteiger charge is 2.26. The summed E-state index contributed by atoms with van der Waals surface area (Å²) in [7, 11) is -0.636. The molecule has 0 radical (unpaired) electrons. The molecule has 2 N–H and O–H groups in total. The number of rotatable bonds is 7. The van der Waals surface area contributed by atoms with Crippen molar-refractivity contribution in [2.75, 3.05) is 20.6 Å². The van der Waals surface area contributed by atoms with Gasteiger partial charge in [0.1, 0.15) is 10.7 Å². The number of nitrogens with zero attached hydrogens (tertiary/aromatic N) is 3. The molecule has 4 rings (SSSR count). The second-order valence-electron chi connectivity index (χ2n) is 8.18. The van der Waals surface area contributed by atoms with Crippen LogP contribution in [0.5, 0.6) is 0 Å². The first-order chi connectivity index (χ1) is 14.7. The van der Waals surface area contributed by atoms with E-state index in [-0.39, 0.29) is 23.8 Å². The van der Waals surface area contributed by atoms with Gasteiger partial charge in [0, 0.05) is 60.8 Å². The molecule has 0 amide bonds. The van der Waals surface area contributed by atoms with Gasteiger partial charge >= 0.3 is 0 Å². The van der Waals surface area contributed by atoms with E-state index in [9.17, 15) is 12.8 Å². The summed E-state index contributed by atoms with van der Waals surface area (Å²) >= 11 is 0. The fourth-order valence-electron chi connectivity index (χ4n) is 3.99. The van der Waals surface area contributed by atoms with E-state index >= 15 is 0 Å². The van der Waals surface area contributed by atoms with Crippen LogP contribution < -0.4 is 5.73 Å². The van der Waals surface area contributed by atoms with Crippen LogP contribution in [0.1, 0.15) is 30.0 Å². The van der Waals surface area contributed by atoms with Crippen LogP contribution in [-0.4, -0.2) is 42.9 Å². The summed E-state index contributed by atoms with van der Waals surface area (Å²) in [5, 5.41) is 0.976. The number of pyridine rings is 1. The minimum absolute atomic E-state index is 0.0748. The van der Waals surface area contributed by atoms with Crippen LogP contribution >= 0.6 is 0 Å². The van der Waals surface area contributed by atoms with Crippen LogP contribution in [-0.2, 0) is 16.6 Å². The summed E-state index contributed by atoms with van der Waals surface area (Å²) in [4.78, 5) is 4.34. The van der Waals surface area contributed by atoms with Crippen LogP contribution in [0.3, 0.4) is 0 Å². The predicted octanol–water partition coefficient (Wildman–Crippen LogP) is 3.95. The Hall–Kier alpha value is -2.55. The number of halogens is 1. The molecule has 0 spiro atoms. The van der Waals surface area contributed by atoms with E-state index in [0.29, 0.717) is 11.5 Å². The van der Waals surface area contributed by atoms with E-state index in [0.717, 1.165) is 22.2 Å². The molecule has 6 nitrogen and oxygen atoms in total. The van der Waals surface area contributed by atoms with Crippen molar-refractivity contribution < 1.29 is 12.8 Å². The third kappa shape index (κ3) is 4.03. The van der Waals surface area contributed by atoms with Crippen LogP contribution in [0.15, 0.2) is 53.5 Å². The van der Waals surface area contributed by atoms with Crippen LogP contribution in [0, 0.1) is 6.92 Å². The lowest BCUT2D eigenvalue weighted by Crippen LogP contribution is -2.22. The molecule has 1 aromatic carbocycles. The number of benzene rings is 1. The Morgan fingerprint density at radius 1 is 1.29 bits per heavy atom. The van der Waals surface area contributed by atoms with Crippen molar-refractivity contribution in [2.45, 2.75) is 37.1 Å². The highest BCUT2D eigenvalue weighted by atomic mass is 32.2. The summed E-state index contributed by atoms with van der Waals surface area (Å²) in [5.74, 6) is 0.260. The highest BCUT2D eigenvalue weighted by Crippen LogP contribution is 2.43. The smallest absolute Gasteiger partial charge is 0.244 e. The lowest BCUT2D eigenvalue weighted by atomic mass is 10.0. The molecule has 8 heteroatoms. The van der Waals surface area contributed by atoms with E-state index in [4.69, 9.17) is 5.73 Å². The number of nitrogens with two attached hydrogens (primary N) is 1. The summed E-state index contributed by atoms with van der Waals surface area (Å²) in [6, 6.07) is 7.94. The number of fused-ring (bicyclic) bond motifs is 1. The van der Waals surface area contributed by atoms with Crippen molar-refractivity contribution in [1.29, 1.82) is 0 Å². The highest BCUT2D eigenvalue weighted by molar-refractivity contribution is 7.89. The monoisotopic (exact) mass is 442 g/mol. The van der Waals surface area contributed by atoms with Crippen molar-refractivity contribution in [3.8, 4) is 11.1 Å². The molecular weight excluding hydrogens is 415 g/mol. The Morgan fingerprint density at radius 3 is 2.68 bits per heavy atom. The van der Waals surface area contributed by atoms with Crippen LogP contribution in [0.25, 0.3) is 22.0 Å². The number of aromatic nitrogens is 2. The lowest BCUT2D eigenvalue weighted by Gasteiger charge is -2.12. The zero-order chi connectivity index (χ0) is 22.3. The first kappa shape index (κ1) is 21.7. The maximum atomic E-state index is 14.4. The van der Waals surface area contributed by atoms with Gasteiger partial charge in [0.2, 0.25) is 10.0 Å². The number of allylic oxidation sites excluding steroid dienone is 1. The Labute approximate surface area is 182 Å². The van der Waals surface area contributed by atoms with Gasteiger partial charge in [-0.15, -0.1) is 0 Å². The maximum absolute atomic E-state index is 14.4. The fraction of sp³-hybridized carbons (Fsp3) is 0.348. The van der Waals surface area contributed by atoms with Gasteiger partial charge in [-0.1, -0.05) is 6.07 Å². The van der Waals surface area contributed by atoms with Gasteiger partial charge in [-0.3, -0.25) is 4.98 Å². The van der Waals surface area contributed by atoms with E-state index in [2.05, 4.69) is 17.1 Å². The van der Waals surface area contributed by atoms with E-state index in [1.807, 2.05) is 17.6 Å². The quantitative estimate of drug-likeness (QED) is 0.601. The maximum Gasteiger partial charge on any atom is 0.244 e. The van der Waals surface area contributed by atoms with E-state index in [1.54, 1.807) is 12.3 Å². The topological polar surface area (TPSA) is 81.2 Å². The molecule has 1 aliphatic rings. The molecular formula is C23H27FN4O2S. The molecule has 0 saturated heterocycles. The molecule has 1 fully saturated rings. The van der Waals surface area contributed by atoms with Gasteiger partial charge in [0.25, 0.3) is 0 Å². The molecule has 0 unspecified atom stereocenters. The summed E-state index contributed by atoms with van der Waals surface area (Å²) in [6.07, 6.45) is 6.73. The average molecular weight is 443 g/mol. The predicted molar refractivity (Wildman–Crippen MR) is 121 cm³/mol. The van der Waals surface area contributed by atoms with Crippen molar-refractivity contribution in [2.24, 2.45) is 5.73 Å². The Balaban J connectivity index is 1.94. The second kappa shape index (κ2) is 8.18. The first-order valence-electron chi connectivity index (χ1n) is 10.3. The largest absolute Gasteiger partial charge is 0.337 e. The Bertz CT molecular complexity index is 1270. The normalized spacial score (nSPS) is 15.2. The van der Waals surface area contributed by atoms with Crippen LogP contribution in [0.4, 0.5) is 4.39 Å². The summed E-state index contributed by atoms with van der Waals surface area (Å²) in [5.41, 5.74) is 10.1. The molecule has 31 heavy (non-hydrogen) atoms. The third-order valence-electron chi connectivity index (χ3n) is 5.83. The van der Waals surface area contributed by atoms with E-state index in [1.165, 1.54) is 49.1 Å². The van der Waals surface area contributed by atoms with Gasteiger partial charge in [0.05, 0.1) is 6.54 Å². The molecule has 0 bridgehead atoms. The standard InChI is InChI=1S/C23H27FN4O2S/c1-15-23(18-10-20(13-26-12-18)31(29,30)27(2)3)21-11-17(16-4-5-16)6-7-22(21)28(15)14-19(24)8-9-25/h6-8,10-13,16H,4-5,9,14,25H2,1-3H3. The van der Waals surface area contributed by atoms with Gasteiger partial charge in [-0.2, -0.15) is 0 Å². The van der Waals surface area contributed by atoms with Crippen molar-refractivity contribution in [3.05, 3.63) is 59.8 Å². The zero-order valence-electron chi connectivity index (χ0n) is 18.0. The lowest BCUT2D eigenvalue weighted by molar-refractivity contribution is 0.520. The number of sulfonamides is 1. The number of hydrogen-bond acceptors (Lipinski definition) is 4. The minimum atomic E-state index is -3.62. The molecule has 0 aliphatic heterocycles. The Morgan fingerprint density at radius 2 is 2.03 bits per heavy atom. The van der Waals surface area contributed by atoms with Gasteiger partial charge in [-0.25, -0.2) is 17.1 Å². The fourth-order valence-corrected chi connectivity index (χ4v) is 4.88. The van der Waals surface area contributed by atoms with Crippen molar-refractivity contribution >= 4 is 20.9 Å². The average Bonchev–Trinajstić information content (AvgIpc) is 3.54. The van der Waals surface area contributed by atoms with Crippen LogP contribution in [0.2, 0.25) is 0 Å². The SMILES string of the molecule is Cc1c(-c2cncc(S(=O)(=O)N(C)C)c2)c2cc(C3CC3)ccc2n1CC(F)=CCN. The number of hydrogen-bond donors (Lipinski definition) is 1. The van der Waals surface area contributed by atoms with Gasteiger partial charge < -0.3 is 10.3 Å². The van der Waals surface area contributed by atoms with Gasteiger partial charge in [-0.05, 0) is 55.5 Å². The Kier molecular flexibility index (Phi) is 5.72. The molecule has 1 aliphatic carbocycles.